The lowest BCUT2D eigenvalue weighted by molar-refractivity contribution is -0.136. The summed E-state index contributed by atoms with van der Waals surface area (Å²) in [5.41, 5.74) is 3.22. The van der Waals surface area contributed by atoms with Crippen molar-refractivity contribution in [1.82, 2.24) is 9.80 Å². The fourth-order valence-electron chi connectivity index (χ4n) is 4.82. The number of hydrogen-bond donors (Lipinski definition) is 1. The summed E-state index contributed by atoms with van der Waals surface area (Å²) in [6.07, 6.45) is 5.42. The van der Waals surface area contributed by atoms with Crippen molar-refractivity contribution >= 4 is 23.3 Å². The van der Waals surface area contributed by atoms with Crippen molar-refractivity contribution in [2.24, 2.45) is 5.92 Å². The largest absolute Gasteiger partial charge is 0.371 e. The molecule has 3 amide bonds. The molecule has 4 rings (SSSR count). The molecule has 6 nitrogen and oxygen atoms in total. The summed E-state index contributed by atoms with van der Waals surface area (Å²) in [7, 11) is 1.89. The van der Waals surface area contributed by atoms with E-state index in [4.69, 9.17) is 0 Å². The lowest BCUT2D eigenvalue weighted by Gasteiger charge is -2.35. The van der Waals surface area contributed by atoms with Crippen LogP contribution < -0.4 is 10.2 Å². The van der Waals surface area contributed by atoms with E-state index >= 15 is 0 Å². The van der Waals surface area contributed by atoms with Gasteiger partial charge in [-0.15, -0.1) is 0 Å². The van der Waals surface area contributed by atoms with Crippen LogP contribution in [0.1, 0.15) is 37.7 Å². The monoisotopic (exact) mass is 434 g/mol. The molecular weight excluding hydrogens is 400 g/mol. The second-order valence-corrected chi connectivity index (χ2v) is 8.95. The van der Waals surface area contributed by atoms with Crippen LogP contribution in [-0.4, -0.2) is 55.0 Å². The maximum absolute atomic E-state index is 13.3. The Balaban J connectivity index is 1.37. The van der Waals surface area contributed by atoms with Gasteiger partial charge in [0.25, 0.3) is 0 Å². The van der Waals surface area contributed by atoms with Gasteiger partial charge in [0.1, 0.15) is 0 Å². The number of para-hydroxylation sites is 2. The van der Waals surface area contributed by atoms with E-state index in [1.54, 1.807) is 4.90 Å². The van der Waals surface area contributed by atoms with Crippen LogP contribution in [0, 0.1) is 5.92 Å². The maximum atomic E-state index is 13.3. The van der Waals surface area contributed by atoms with Crippen LogP contribution in [0.15, 0.2) is 54.6 Å². The molecule has 1 atom stereocenters. The molecule has 0 aromatic heterocycles. The van der Waals surface area contributed by atoms with Gasteiger partial charge in [0.15, 0.2) is 0 Å². The van der Waals surface area contributed by atoms with Gasteiger partial charge in [-0.3, -0.25) is 4.79 Å². The number of likely N-dealkylation sites (tertiary alicyclic amines) is 1. The molecule has 0 saturated carbocycles. The molecule has 0 spiro atoms. The highest BCUT2D eigenvalue weighted by Crippen LogP contribution is 2.26. The van der Waals surface area contributed by atoms with Crippen molar-refractivity contribution in [3.63, 3.8) is 0 Å². The first-order valence-corrected chi connectivity index (χ1v) is 11.8. The fourth-order valence-corrected chi connectivity index (χ4v) is 4.82. The van der Waals surface area contributed by atoms with Gasteiger partial charge in [-0.1, -0.05) is 36.4 Å². The number of carbonyl (C=O) groups excluding carboxylic acids is 2. The van der Waals surface area contributed by atoms with E-state index in [1.807, 2.05) is 42.3 Å². The Hall–Kier alpha value is -3.02. The third-order valence-electron chi connectivity index (χ3n) is 6.56. The van der Waals surface area contributed by atoms with E-state index in [2.05, 4.69) is 34.5 Å². The number of amides is 3. The summed E-state index contributed by atoms with van der Waals surface area (Å²) in [6.45, 7) is 3.92. The summed E-state index contributed by atoms with van der Waals surface area (Å²) in [6, 6.07) is 17.8. The second kappa shape index (κ2) is 10.5. The van der Waals surface area contributed by atoms with E-state index in [0.29, 0.717) is 19.6 Å². The Morgan fingerprint density at radius 2 is 1.66 bits per heavy atom. The Kier molecular flexibility index (Phi) is 7.30. The molecule has 1 N–H and O–H groups in total. The minimum absolute atomic E-state index is 0.121. The standard InChI is InChI=1S/C26H34N4O2/c1-28(19-21-11-6-7-15-24(21)29-16-8-3-9-17-29)25(31)22-12-10-18-30(20-22)26(32)27-23-13-4-2-5-14-23/h2,4-7,11,13-15,22H,3,8-10,12,16-20H2,1H3,(H,27,32)/t22-/m1/s1. The van der Waals surface area contributed by atoms with E-state index in [0.717, 1.165) is 31.6 Å². The van der Waals surface area contributed by atoms with E-state index in [-0.39, 0.29) is 17.9 Å². The van der Waals surface area contributed by atoms with Crippen LogP contribution in [0.25, 0.3) is 0 Å². The van der Waals surface area contributed by atoms with E-state index < -0.39 is 0 Å². The lowest BCUT2D eigenvalue weighted by atomic mass is 9.96. The van der Waals surface area contributed by atoms with Gasteiger partial charge in [-0.05, 0) is 55.9 Å². The van der Waals surface area contributed by atoms with Crippen LogP contribution >= 0.6 is 0 Å². The average Bonchev–Trinajstić information content (AvgIpc) is 2.85. The molecule has 0 aliphatic carbocycles. The predicted octanol–water partition coefficient (Wildman–Crippen LogP) is 4.58. The number of carbonyl (C=O) groups is 2. The zero-order chi connectivity index (χ0) is 22.3. The van der Waals surface area contributed by atoms with Crippen molar-refractivity contribution < 1.29 is 9.59 Å². The normalized spacial score (nSPS) is 18.8. The molecule has 2 aliphatic heterocycles. The molecule has 2 heterocycles. The van der Waals surface area contributed by atoms with Gasteiger partial charge < -0.3 is 20.0 Å². The predicted molar refractivity (Wildman–Crippen MR) is 129 cm³/mol. The van der Waals surface area contributed by atoms with Crippen molar-refractivity contribution in [3.05, 3.63) is 60.2 Å². The summed E-state index contributed by atoms with van der Waals surface area (Å²) in [5, 5.41) is 2.94. The number of piperidine rings is 2. The van der Waals surface area contributed by atoms with Gasteiger partial charge >= 0.3 is 6.03 Å². The van der Waals surface area contributed by atoms with Crippen molar-refractivity contribution in [2.75, 3.05) is 43.4 Å². The molecule has 170 valence electrons. The van der Waals surface area contributed by atoms with E-state index in [9.17, 15) is 9.59 Å². The highest BCUT2D eigenvalue weighted by molar-refractivity contribution is 5.90. The Bertz CT molecular complexity index is 911. The molecule has 0 bridgehead atoms. The van der Waals surface area contributed by atoms with Gasteiger partial charge in [0.2, 0.25) is 5.91 Å². The van der Waals surface area contributed by atoms with Crippen LogP contribution in [-0.2, 0) is 11.3 Å². The van der Waals surface area contributed by atoms with Gasteiger partial charge in [-0.2, -0.15) is 0 Å². The van der Waals surface area contributed by atoms with Gasteiger partial charge in [-0.25, -0.2) is 4.79 Å². The molecule has 2 aromatic carbocycles. The number of urea groups is 1. The topological polar surface area (TPSA) is 55.9 Å². The Morgan fingerprint density at radius 1 is 0.938 bits per heavy atom. The highest BCUT2D eigenvalue weighted by Gasteiger charge is 2.30. The minimum atomic E-state index is -0.155. The first-order valence-electron chi connectivity index (χ1n) is 11.8. The fraction of sp³-hybridized carbons (Fsp3) is 0.462. The minimum Gasteiger partial charge on any atom is -0.371 e. The first-order chi connectivity index (χ1) is 15.6. The van der Waals surface area contributed by atoms with Crippen molar-refractivity contribution in [1.29, 1.82) is 0 Å². The smallest absolute Gasteiger partial charge is 0.321 e. The number of anilines is 2. The zero-order valence-electron chi connectivity index (χ0n) is 19.0. The van der Waals surface area contributed by atoms with Crippen LogP contribution in [0.4, 0.5) is 16.2 Å². The van der Waals surface area contributed by atoms with Crippen LogP contribution in [0.2, 0.25) is 0 Å². The molecular formula is C26H34N4O2. The van der Waals surface area contributed by atoms with Crippen molar-refractivity contribution in [3.8, 4) is 0 Å². The summed E-state index contributed by atoms with van der Waals surface area (Å²) < 4.78 is 0. The number of nitrogens with one attached hydrogen (secondary N) is 1. The molecule has 0 radical (unpaired) electrons. The summed E-state index contributed by atoms with van der Waals surface area (Å²) in [5.74, 6) is -0.0342. The third kappa shape index (κ3) is 5.42. The Morgan fingerprint density at radius 3 is 2.44 bits per heavy atom. The molecule has 32 heavy (non-hydrogen) atoms. The zero-order valence-corrected chi connectivity index (χ0v) is 19.0. The van der Waals surface area contributed by atoms with Crippen LogP contribution in [0.5, 0.6) is 0 Å². The average molecular weight is 435 g/mol. The number of rotatable bonds is 5. The number of benzene rings is 2. The molecule has 2 fully saturated rings. The Labute approximate surface area is 191 Å². The maximum Gasteiger partial charge on any atom is 0.321 e. The summed E-state index contributed by atoms with van der Waals surface area (Å²) in [4.78, 5) is 32.0. The first kappa shape index (κ1) is 22.2. The molecule has 2 aliphatic rings. The molecule has 2 aromatic rings. The van der Waals surface area contributed by atoms with Gasteiger partial charge in [0.05, 0.1) is 5.92 Å². The van der Waals surface area contributed by atoms with Crippen LogP contribution in [0.3, 0.4) is 0 Å². The van der Waals surface area contributed by atoms with E-state index in [1.165, 1.54) is 30.5 Å². The lowest BCUT2D eigenvalue weighted by Crippen LogP contribution is -2.47. The third-order valence-corrected chi connectivity index (χ3v) is 6.56. The highest BCUT2D eigenvalue weighted by atomic mass is 16.2. The number of nitrogens with zero attached hydrogens (tertiary/aromatic N) is 3. The van der Waals surface area contributed by atoms with Crippen molar-refractivity contribution in [2.45, 2.75) is 38.6 Å². The quantitative estimate of drug-likeness (QED) is 0.749. The second-order valence-electron chi connectivity index (χ2n) is 8.95. The summed E-state index contributed by atoms with van der Waals surface area (Å²) >= 11 is 0. The molecule has 2 saturated heterocycles. The SMILES string of the molecule is CN(Cc1ccccc1N1CCCCC1)C(=O)[C@@H]1CCCN(C(=O)Nc2ccccc2)C1. The van der Waals surface area contributed by atoms with Gasteiger partial charge in [0, 0.05) is 51.1 Å². The molecule has 6 heteroatoms. The number of hydrogen-bond acceptors (Lipinski definition) is 3. The molecule has 0 unspecified atom stereocenters.